The van der Waals surface area contributed by atoms with Crippen LogP contribution in [0, 0.1) is 5.92 Å². The Morgan fingerprint density at radius 1 is 1.08 bits per heavy atom. The van der Waals surface area contributed by atoms with E-state index in [0.717, 1.165) is 30.3 Å². The van der Waals surface area contributed by atoms with Gasteiger partial charge in [-0.25, -0.2) is 0 Å². The van der Waals surface area contributed by atoms with E-state index in [0.29, 0.717) is 11.8 Å². The van der Waals surface area contributed by atoms with Crippen molar-refractivity contribution in [2.24, 2.45) is 5.92 Å². The van der Waals surface area contributed by atoms with Gasteiger partial charge in [0, 0.05) is 25.5 Å². The summed E-state index contributed by atoms with van der Waals surface area (Å²) in [6.07, 6.45) is 13.0. The van der Waals surface area contributed by atoms with Crippen molar-refractivity contribution in [3.05, 3.63) is 30.4 Å². The summed E-state index contributed by atoms with van der Waals surface area (Å²) < 4.78 is 5.96. The lowest BCUT2D eigenvalue weighted by atomic mass is 9.88. The molecule has 128 valence electrons. The minimum Gasteiger partial charge on any atom is -0.420 e. The van der Waals surface area contributed by atoms with Gasteiger partial charge in [-0.15, -0.1) is 10.2 Å². The minimum atomic E-state index is 0.375. The first-order valence-electron chi connectivity index (χ1n) is 9.34. The molecule has 2 aromatic heterocycles. The molecule has 1 atom stereocenters. The smallest absolute Gasteiger partial charge is 0.249 e. The van der Waals surface area contributed by atoms with Crippen LogP contribution >= 0.6 is 0 Å². The zero-order chi connectivity index (χ0) is 16.2. The maximum absolute atomic E-state index is 5.96. The molecule has 2 aliphatic rings. The van der Waals surface area contributed by atoms with Crippen LogP contribution in [0.1, 0.15) is 56.8 Å². The molecule has 0 N–H and O–H groups in total. The number of pyridine rings is 1. The van der Waals surface area contributed by atoms with Crippen molar-refractivity contribution in [1.82, 2.24) is 20.1 Å². The first-order valence-corrected chi connectivity index (χ1v) is 9.34. The summed E-state index contributed by atoms with van der Waals surface area (Å²) in [6, 6.07) is 3.85. The van der Waals surface area contributed by atoms with Crippen LogP contribution in [-0.2, 0) is 0 Å². The highest BCUT2D eigenvalue weighted by Crippen LogP contribution is 2.30. The maximum Gasteiger partial charge on any atom is 0.249 e. The summed E-state index contributed by atoms with van der Waals surface area (Å²) >= 11 is 0. The van der Waals surface area contributed by atoms with Gasteiger partial charge in [0.05, 0.1) is 11.5 Å². The molecule has 5 heteroatoms. The van der Waals surface area contributed by atoms with Crippen molar-refractivity contribution >= 4 is 0 Å². The molecule has 3 heterocycles. The Morgan fingerprint density at radius 3 is 2.83 bits per heavy atom. The van der Waals surface area contributed by atoms with E-state index in [1.807, 2.05) is 12.1 Å². The third-order valence-corrected chi connectivity index (χ3v) is 5.45. The van der Waals surface area contributed by atoms with Crippen molar-refractivity contribution < 1.29 is 4.42 Å². The summed E-state index contributed by atoms with van der Waals surface area (Å²) in [5, 5.41) is 8.55. The second-order valence-corrected chi connectivity index (χ2v) is 7.29. The highest BCUT2D eigenvalue weighted by Gasteiger charge is 2.27. The molecule has 2 aromatic rings. The molecule has 1 aliphatic carbocycles. The summed E-state index contributed by atoms with van der Waals surface area (Å²) in [7, 11) is 0. The summed E-state index contributed by atoms with van der Waals surface area (Å²) in [6.45, 7) is 3.53. The molecule has 4 rings (SSSR count). The van der Waals surface area contributed by atoms with Crippen LogP contribution in [0.2, 0.25) is 0 Å². The van der Waals surface area contributed by atoms with Gasteiger partial charge in [-0.3, -0.25) is 4.98 Å². The zero-order valence-corrected chi connectivity index (χ0v) is 14.2. The van der Waals surface area contributed by atoms with E-state index in [2.05, 4.69) is 20.1 Å². The monoisotopic (exact) mass is 326 g/mol. The average molecular weight is 326 g/mol. The van der Waals surface area contributed by atoms with E-state index >= 15 is 0 Å². The third-order valence-electron chi connectivity index (χ3n) is 5.45. The van der Waals surface area contributed by atoms with Gasteiger partial charge in [0.2, 0.25) is 11.8 Å². The Bertz CT molecular complexity index is 636. The fourth-order valence-corrected chi connectivity index (χ4v) is 4.16. The van der Waals surface area contributed by atoms with Gasteiger partial charge in [-0.1, -0.05) is 19.3 Å². The molecular formula is C19H26N4O. The van der Waals surface area contributed by atoms with Crippen molar-refractivity contribution in [3.8, 4) is 11.5 Å². The predicted octanol–water partition coefficient (Wildman–Crippen LogP) is 3.89. The molecule has 0 aromatic carbocycles. The molecule has 0 amide bonds. The van der Waals surface area contributed by atoms with Gasteiger partial charge in [0.15, 0.2) is 0 Å². The highest BCUT2D eigenvalue weighted by atomic mass is 16.4. The van der Waals surface area contributed by atoms with E-state index < -0.39 is 0 Å². The fourth-order valence-electron chi connectivity index (χ4n) is 4.16. The lowest BCUT2D eigenvalue weighted by Gasteiger charge is -2.34. The first kappa shape index (κ1) is 15.8. The molecule has 0 bridgehead atoms. The first-order chi connectivity index (χ1) is 11.9. The van der Waals surface area contributed by atoms with Gasteiger partial charge in [0.25, 0.3) is 0 Å². The van der Waals surface area contributed by atoms with Gasteiger partial charge < -0.3 is 9.32 Å². The number of hydrogen-bond acceptors (Lipinski definition) is 5. The van der Waals surface area contributed by atoms with Crippen LogP contribution in [0.15, 0.2) is 28.9 Å². The average Bonchev–Trinajstić information content (AvgIpc) is 3.14. The van der Waals surface area contributed by atoms with Crippen molar-refractivity contribution in [1.29, 1.82) is 0 Å². The predicted molar refractivity (Wildman–Crippen MR) is 92.5 cm³/mol. The normalized spacial score (nSPS) is 23.4. The molecule has 1 aliphatic heterocycles. The van der Waals surface area contributed by atoms with E-state index in [-0.39, 0.29) is 0 Å². The van der Waals surface area contributed by atoms with Crippen molar-refractivity contribution in [2.45, 2.75) is 50.9 Å². The van der Waals surface area contributed by atoms with Gasteiger partial charge in [0.1, 0.15) is 0 Å². The van der Waals surface area contributed by atoms with E-state index in [9.17, 15) is 0 Å². The number of rotatable bonds is 4. The van der Waals surface area contributed by atoms with Gasteiger partial charge >= 0.3 is 0 Å². The number of likely N-dealkylation sites (tertiary alicyclic amines) is 1. The lowest BCUT2D eigenvalue weighted by molar-refractivity contribution is 0.152. The largest absolute Gasteiger partial charge is 0.420 e. The molecule has 5 nitrogen and oxygen atoms in total. The lowest BCUT2D eigenvalue weighted by Crippen LogP contribution is -2.38. The molecule has 24 heavy (non-hydrogen) atoms. The molecule has 1 saturated carbocycles. The van der Waals surface area contributed by atoms with Crippen LogP contribution < -0.4 is 0 Å². The maximum atomic E-state index is 5.96. The number of hydrogen-bond donors (Lipinski definition) is 0. The fraction of sp³-hybridized carbons (Fsp3) is 0.632. The standard InChI is InChI=1S/C19H26N4O/c1-2-6-15(7-3-1)13-23-11-5-9-17(14-23)19-22-21-18(24-19)16-8-4-10-20-12-16/h4,8,10,12,15,17H,1-3,5-7,9,11,13-14H2/t17-/m0/s1. The van der Waals surface area contributed by atoms with Crippen molar-refractivity contribution in [3.63, 3.8) is 0 Å². The van der Waals surface area contributed by atoms with E-state index in [4.69, 9.17) is 4.42 Å². The second kappa shape index (κ2) is 7.43. The third kappa shape index (κ3) is 3.66. The number of nitrogens with zero attached hydrogens (tertiary/aromatic N) is 4. The minimum absolute atomic E-state index is 0.375. The van der Waals surface area contributed by atoms with E-state index in [1.54, 1.807) is 12.4 Å². The zero-order valence-electron chi connectivity index (χ0n) is 14.2. The van der Waals surface area contributed by atoms with Crippen LogP contribution in [0.3, 0.4) is 0 Å². The Morgan fingerprint density at radius 2 is 2.00 bits per heavy atom. The van der Waals surface area contributed by atoms with Gasteiger partial charge in [-0.05, 0) is 50.3 Å². The summed E-state index contributed by atoms with van der Waals surface area (Å²) in [5.74, 6) is 2.65. The van der Waals surface area contributed by atoms with Crippen LogP contribution in [0.25, 0.3) is 11.5 Å². The van der Waals surface area contributed by atoms with Crippen LogP contribution in [-0.4, -0.2) is 39.7 Å². The van der Waals surface area contributed by atoms with Gasteiger partial charge in [-0.2, -0.15) is 0 Å². The molecule has 2 fully saturated rings. The molecule has 0 spiro atoms. The summed E-state index contributed by atoms with van der Waals surface area (Å²) in [4.78, 5) is 6.75. The second-order valence-electron chi connectivity index (χ2n) is 7.29. The number of piperidine rings is 1. The Labute approximate surface area is 143 Å². The van der Waals surface area contributed by atoms with Crippen LogP contribution in [0.5, 0.6) is 0 Å². The SMILES string of the molecule is c1cncc(-c2nnc([C@H]3CCCN(CC4CCCCC4)C3)o2)c1. The Hall–Kier alpha value is -1.75. The Balaban J connectivity index is 1.40. The van der Waals surface area contributed by atoms with Crippen LogP contribution in [0.4, 0.5) is 0 Å². The topological polar surface area (TPSA) is 55.1 Å². The number of aromatic nitrogens is 3. The van der Waals surface area contributed by atoms with E-state index in [1.165, 1.54) is 51.6 Å². The molecular weight excluding hydrogens is 300 g/mol. The highest BCUT2D eigenvalue weighted by molar-refractivity contribution is 5.49. The quantitative estimate of drug-likeness (QED) is 0.853. The molecule has 1 saturated heterocycles. The van der Waals surface area contributed by atoms with Crippen molar-refractivity contribution in [2.75, 3.05) is 19.6 Å². The summed E-state index contributed by atoms with van der Waals surface area (Å²) in [5.41, 5.74) is 0.895. The molecule has 0 radical (unpaired) electrons. The molecule has 0 unspecified atom stereocenters. The Kier molecular flexibility index (Phi) is 4.88.